The number of hydrogen-bond donors (Lipinski definition) is 1. The summed E-state index contributed by atoms with van der Waals surface area (Å²) >= 11 is 0. The van der Waals surface area contributed by atoms with Crippen LogP contribution in [-0.2, 0) is 20.4 Å². The largest absolute Gasteiger partial charge is 0.426 e. The van der Waals surface area contributed by atoms with Crippen LogP contribution in [0.2, 0.25) is 0 Å². The van der Waals surface area contributed by atoms with E-state index in [9.17, 15) is 13.6 Å². The van der Waals surface area contributed by atoms with E-state index in [0.717, 1.165) is 10.1 Å². The van der Waals surface area contributed by atoms with Crippen molar-refractivity contribution in [2.45, 2.75) is 31.3 Å². The van der Waals surface area contributed by atoms with Gasteiger partial charge in [0.05, 0.1) is 19.6 Å². The van der Waals surface area contributed by atoms with Crippen molar-refractivity contribution in [2.75, 3.05) is 12.3 Å². The number of benzene rings is 1. The van der Waals surface area contributed by atoms with Crippen molar-refractivity contribution in [1.29, 1.82) is 0 Å². The van der Waals surface area contributed by atoms with E-state index in [-0.39, 0.29) is 12.4 Å². The molecule has 0 amide bonds. The van der Waals surface area contributed by atoms with Crippen LogP contribution in [0.15, 0.2) is 41.3 Å². The molecule has 1 fully saturated rings. The van der Waals surface area contributed by atoms with Gasteiger partial charge in [0.1, 0.15) is 23.9 Å². The number of halogens is 2. The highest BCUT2D eigenvalue weighted by molar-refractivity contribution is 7.42. The highest BCUT2D eigenvalue weighted by Gasteiger charge is 2.51. The Morgan fingerprint density at radius 2 is 2.19 bits per heavy atom. The third kappa shape index (κ3) is 3.79. The van der Waals surface area contributed by atoms with E-state index in [4.69, 9.17) is 24.0 Å². The molecule has 0 aliphatic carbocycles. The standard InChI is InChI=1S/C16H16F2N3O5P/c17-16(18)7-14(21-6-5-13(19)20-15(21)22)25-12(16)9-24-27-23-8-10-3-1-2-4-11(10)26-27/h1-6,12,14H,7-9H2,(H2,19,20,22). The molecule has 8 nitrogen and oxygen atoms in total. The van der Waals surface area contributed by atoms with Gasteiger partial charge in [-0.25, -0.2) is 13.6 Å². The molecule has 0 spiro atoms. The molecule has 3 unspecified atom stereocenters. The van der Waals surface area contributed by atoms with Crippen LogP contribution in [0.4, 0.5) is 14.6 Å². The predicted octanol–water partition coefficient (Wildman–Crippen LogP) is 2.60. The summed E-state index contributed by atoms with van der Waals surface area (Å²) in [5.74, 6) is -2.57. The number of fused-ring (bicyclic) bond motifs is 1. The second-order valence-corrected chi connectivity index (χ2v) is 7.22. The fourth-order valence-electron chi connectivity index (χ4n) is 2.80. The van der Waals surface area contributed by atoms with Crippen molar-refractivity contribution in [3.8, 4) is 5.75 Å². The average Bonchev–Trinajstić information content (AvgIpc) is 2.94. The van der Waals surface area contributed by atoms with Crippen LogP contribution >= 0.6 is 8.60 Å². The number of alkyl halides is 2. The molecule has 2 aromatic rings. The highest BCUT2D eigenvalue weighted by Crippen LogP contribution is 2.48. The Balaban J connectivity index is 1.40. The molecule has 11 heteroatoms. The Bertz CT molecular complexity index is 896. The normalized spacial score (nSPS) is 26.4. The fourth-order valence-corrected chi connectivity index (χ4v) is 3.83. The summed E-state index contributed by atoms with van der Waals surface area (Å²) in [7, 11) is -1.81. The van der Waals surface area contributed by atoms with Crippen molar-refractivity contribution < 1.29 is 27.1 Å². The molecule has 4 rings (SSSR count). The fraction of sp³-hybridized carbons (Fsp3) is 0.375. The van der Waals surface area contributed by atoms with Gasteiger partial charge < -0.3 is 15.0 Å². The molecule has 0 bridgehead atoms. The van der Waals surface area contributed by atoms with E-state index in [0.29, 0.717) is 5.75 Å². The lowest BCUT2D eigenvalue weighted by Crippen LogP contribution is -2.32. The first-order valence-electron chi connectivity index (χ1n) is 8.12. The van der Waals surface area contributed by atoms with Crippen molar-refractivity contribution >= 4 is 14.4 Å². The topological polar surface area (TPSA) is 97.8 Å². The number of rotatable bonds is 4. The van der Waals surface area contributed by atoms with Gasteiger partial charge in [-0.2, -0.15) is 4.98 Å². The molecule has 0 radical (unpaired) electrons. The summed E-state index contributed by atoms with van der Waals surface area (Å²) in [4.78, 5) is 15.4. The quantitative estimate of drug-likeness (QED) is 0.790. The SMILES string of the molecule is Nc1ccn(C2CC(F)(F)C(COP3OCc4ccccc4O3)O2)c(=O)n1. The van der Waals surface area contributed by atoms with Gasteiger partial charge in [0.2, 0.25) is 0 Å². The number of ether oxygens (including phenoxy) is 1. The second-order valence-electron chi connectivity index (χ2n) is 6.08. The summed E-state index contributed by atoms with van der Waals surface area (Å²) in [6.07, 6.45) is -2.09. The van der Waals surface area contributed by atoms with Crippen LogP contribution in [0.5, 0.6) is 5.75 Å². The Hall–Kier alpha value is -2.13. The molecule has 3 heterocycles. The Morgan fingerprint density at radius 3 is 3.00 bits per heavy atom. The number of hydrogen-bond acceptors (Lipinski definition) is 7. The molecule has 27 heavy (non-hydrogen) atoms. The van der Waals surface area contributed by atoms with E-state index in [2.05, 4.69) is 4.98 Å². The summed E-state index contributed by atoms with van der Waals surface area (Å²) in [5.41, 5.74) is 5.52. The zero-order chi connectivity index (χ0) is 19.0. The van der Waals surface area contributed by atoms with Crippen molar-refractivity contribution in [2.24, 2.45) is 0 Å². The zero-order valence-electron chi connectivity index (χ0n) is 14.0. The smallest absolute Gasteiger partial charge is 0.397 e. The minimum absolute atomic E-state index is 0.00978. The molecule has 144 valence electrons. The number of nitrogens with two attached hydrogens (primary N) is 1. The molecule has 1 aromatic heterocycles. The molecule has 2 aliphatic heterocycles. The van der Waals surface area contributed by atoms with Gasteiger partial charge in [-0.15, -0.1) is 0 Å². The zero-order valence-corrected chi connectivity index (χ0v) is 14.9. The highest BCUT2D eigenvalue weighted by atomic mass is 31.2. The van der Waals surface area contributed by atoms with Crippen molar-refractivity contribution in [3.05, 3.63) is 52.6 Å². The Morgan fingerprint density at radius 1 is 1.37 bits per heavy atom. The molecular formula is C16H16F2N3O5P. The monoisotopic (exact) mass is 399 g/mol. The van der Waals surface area contributed by atoms with Gasteiger partial charge >= 0.3 is 14.3 Å². The van der Waals surface area contributed by atoms with Crippen LogP contribution in [0.25, 0.3) is 0 Å². The van der Waals surface area contributed by atoms with Gasteiger partial charge in [0.15, 0.2) is 0 Å². The van der Waals surface area contributed by atoms with Crippen molar-refractivity contribution in [1.82, 2.24) is 9.55 Å². The average molecular weight is 399 g/mol. The number of nitrogen functional groups attached to an aromatic ring is 1. The third-order valence-corrected chi connectivity index (χ3v) is 5.25. The van der Waals surface area contributed by atoms with Crippen LogP contribution < -0.4 is 15.9 Å². The lowest BCUT2D eigenvalue weighted by molar-refractivity contribution is -0.0994. The summed E-state index contributed by atoms with van der Waals surface area (Å²) < 4.78 is 51.3. The first-order chi connectivity index (χ1) is 12.9. The maximum atomic E-state index is 14.3. The van der Waals surface area contributed by atoms with E-state index in [1.54, 1.807) is 12.1 Å². The van der Waals surface area contributed by atoms with E-state index < -0.39 is 45.6 Å². The minimum atomic E-state index is -3.19. The molecule has 0 saturated carbocycles. The predicted molar refractivity (Wildman–Crippen MR) is 91.1 cm³/mol. The van der Waals surface area contributed by atoms with E-state index >= 15 is 0 Å². The molecule has 1 saturated heterocycles. The summed E-state index contributed by atoms with van der Waals surface area (Å²) in [6, 6.07) is 8.60. The van der Waals surface area contributed by atoms with Crippen LogP contribution in [-0.4, -0.2) is 28.2 Å². The van der Waals surface area contributed by atoms with Crippen LogP contribution in [0.1, 0.15) is 18.2 Å². The summed E-state index contributed by atoms with van der Waals surface area (Å²) in [5, 5.41) is 0. The number of anilines is 1. The van der Waals surface area contributed by atoms with E-state index in [1.165, 1.54) is 12.3 Å². The molecule has 2 N–H and O–H groups in total. The second kappa shape index (κ2) is 7.12. The Labute approximate surface area is 153 Å². The van der Waals surface area contributed by atoms with Crippen LogP contribution in [0, 0.1) is 0 Å². The molecule has 1 aromatic carbocycles. The first-order valence-corrected chi connectivity index (χ1v) is 9.22. The van der Waals surface area contributed by atoms with E-state index in [1.807, 2.05) is 12.1 Å². The minimum Gasteiger partial charge on any atom is -0.426 e. The third-order valence-electron chi connectivity index (χ3n) is 4.20. The molecular weight excluding hydrogens is 383 g/mol. The number of aromatic nitrogens is 2. The summed E-state index contributed by atoms with van der Waals surface area (Å²) in [6.45, 7) is -0.159. The van der Waals surface area contributed by atoms with Gasteiger partial charge in [0.25, 0.3) is 5.92 Å². The van der Waals surface area contributed by atoms with Gasteiger partial charge in [-0.1, -0.05) is 18.2 Å². The number of para-hydroxylation sites is 1. The molecule has 2 aliphatic rings. The van der Waals surface area contributed by atoms with Gasteiger partial charge in [-0.05, 0) is 12.1 Å². The lowest BCUT2D eigenvalue weighted by atomic mass is 10.2. The maximum absolute atomic E-state index is 14.3. The van der Waals surface area contributed by atoms with Crippen LogP contribution in [0.3, 0.4) is 0 Å². The van der Waals surface area contributed by atoms with Gasteiger partial charge in [0, 0.05) is 11.8 Å². The first kappa shape index (κ1) is 18.2. The molecule has 3 atom stereocenters. The van der Waals surface area contributed by atoms with Gasteiger partial charge in [-0.3, -0.25) is 13.6 Å². The van der Waals surface area contributed by atoms with Crippen molar-refractivity contribution in [3.63, 3.8) is 0 Å². The maximum Gasteiger partial charge on any atom is 0.397 e. The lowest BCUT2D eigenvalue weighted by Gasteiger charge is -2.25. The Kier molecular flexibility index (Phi) is 4.81. The number of nitrogens with zero attached hydrogens (tertiary/aromatic N) is 2.